The zero-order chi connectivity index (χ0) is 13.8. The van der Waals surface area contributed by atoms with E-state index < -0.39 is 12.2 Å². The van der Waals surface area contributed by atoms with Gasteiger partial charge in [0.15, 0.2) is 6.10 Å². The second kappa shape index (κ2) is 5.85. The van der Waals surface area contributed by atoms with E-state index in [1.54, 1.807) is 36.4 Å². The summed E-state index contributed by atoms with van der Waals surface area (Å²) < 4.78 is 0. The number of nitrogens with zero attached hydrogens (tertiary/aromatic N) is 1. The quantitative estimate of drug-likeness (QED) is 0.845. The third-order valence-electron chi connectivity index (χ3n) is 2.84. The van der Waals surface area contributed by atoms with Crippen LogP contribution in [0.3, 0.4) is 0 Å². The maximum Gasteiger partial charge on any atom is 0.170 e. The van der Waals surface area contributed by atoms with Crippen LogP contribution in [0.4, 0.5) is 0 Å². The van der Waals surface area contributed by atoms with Crippen LogP contribution in [0.15, 0.2) is 48.5 Å². The number of aliphatic hydroxyl groups is 2. The number of halogens is 1. The first kappa shape index (κ1) is 13.6. The van der Waals surface area contributed by atoms with Crippen molar-refractivity contribution < 1.29 is 10.2 Å². The maximum atomic E-state index is 9.81. The van der Waals surface area contributed by atoms with Gasteiger partial charge >= 0.3 is 0 Å². The summed E-state index contributed by atoms with van der Waals surface area (Å²) in [6, 6.07) is 16.0. The molecule has 2 aromatic carbocycles. The summed E-state index contributed by atoms with van der Waals surface area (Å²) in [5.74, 6) is 0. The van der Waals surface area contributed by atoms with Crippen molar-refractivity contribution in [3.8, 4) is 17.2 Å². The minimum atomic E-state index is -1.43. The van der Waals surface area contributed by atoms with Crippen molar-refractivity contribution in [1.29, 1.82) is 5.26 Å². The molecule has 0 aromatic heterocycles. The van der Waals surface area contributed by atoms with Crippen molar-refractivity contribution in [2.45, 2.75) is 12.2 Å². The molecule has 4 heteroatoms. The van der Waals surface area contributed by atoms with Gasteiger partial charge < -0.3 is 10.2 Å². The predicted molar refractivity (Wildman–Crippen MR) is 73.5 cm³/mol. The molecule has 0 aliphatic heterocycles. The van der Waals surface area contributed by atoms with E-state index in [-0.39, 0.29) is 0 Å². The zero-order valence-corrected chi connectivity index (χ0v) is 10.7. The largest absolute Gasteiger partial charge is 0.385 e. The lowest BCUT2D eigenvalue weighted by atomic mass is 9.99. The Hall–Kier alpha value is -1.86. The van der Waals surface area contributed by atoms with E-state index in [1.165, 1.54) is 0 Å². The minimum Gasteiger partial charge on any atom is -0.385 e. The molecule has 2 rings (SSSR count). The van der Waals surface area contributed by atoms with Gasteiger partial charge in [0.25, 0.3) is 0 Å². The third-order valence-corrected chi connectivity index (χ3v) is 3.09. The molecule has 2 unspecified atom stereocenters. The predicted octanol–water partition coefficient (Wildman–Crippen LogP) is 2.92. The smallest absolute Gasteiger partial charge is 0.170 e. The molecule has 0 saturated heterocycles. The Morgan fingerprint density at radius 2 is 1.68 bits per heavy atom. The van der Waals surface area contributed by atoms with Crippen molar-refractivity contribution in [2.24, 2.45) is 0 Å². The van der Waals surface area contributed by atoms with E-state index in [1.807, 2.05) is 18.2 Å². The van der Waals surface area contributed by atoms with E-state index >= 15 is 0 Å². The molecule has 2 aromatic rings. The Morgan fingerprint density at radius 3 is 2.32 bits per heavy atom. The summed E-state index contributed by atoms with van der Waals surface area (Å²) in [5.41, 5.74) is 2.34. The van der Waals surface area contributed by atoms with E-state index in [0.717, 1.165) is 11.1 Å². The summed E-state index contributed by atoms with van der Waals surface area (Å²) in [5, 5.41) is 28.4. The Labute approximate surface area is 116 Å². The summed E-state index contributed by atoms with van der Waals surface area (Å²) in [4.78, 5) is 0. The topological polar surface area (TPSA) is 64.2 Å². The van der Waals surface area contributed by atoms with Crippen molar-refractivity contribution in [3.63, 3.8) is 0 Å². The highest BCUT2D eigenvalue weighted by Crippen LogP contribution is 2.25. The number of benzene rings is 2. The Balaban J connectivity index is 2.34. The average Bonchev–Trinajstić information content (AvgIpc) is 2.46. The van der Waals surface area contributed by atoms with Gasteiger partial charge in [-0.1, -0.05) is 41.9 Å². The summed E-state index contributed by atoms with van der Waals surface area (Å²) in [6.07, 6.45) is -2.64. The number of nitriles is 1. The van der Waals surface area contributed by atoms with Crippen LogP contribution in [-0.2, 0) is 0 Å². The molecule has 0 heterocycles. The number of hydrogen-bond acceptors (Lipinski definition) is 3. The molecule has 19 heavy (non-hydrogen) atoms. The summed E-state index contributed by atoms with van der Waals surface area (Å²) in [7, 11) is 0. The fourth-order valence-electron chi connectivity index (χ4n) is 1.80. The van der Waals surface area contributed by atoms with Gasteiger partial charge in [-0.25, -0.2) is 0 Å². The number of aliphatic hydroxyl groups excluding tert-OH is 2. The van der Waals surface area contributed by atoms with E-state index in [2.05, 4.69) is 0 Å². The first-order chi connectivity index (χ1) is 9.11. The van der Waals surface area contributed by atoms with Crippen LogP contribution in [0.1, 0.15) is 11.7 Å². The lowest BCUT2D eigenvalue weighted by Gasteiger charge is -2.13. The molecule has 0 radical (unpaired) electrons. The van der Waals surface area contributed by atoms with Crippen molar-refractivity contribution in [2.75, 3.05) is 0 Å². The van der Waals surface area contributed by atoms with Gasteiger partial charge in [0, 0.05) is 5.02 Å². The van der Waals surface area contributed by atoms with Crippen LogP contribution in [0.5, 0.6) is 0 Å². The second-order valence-corrected chi connectivity index (χ2v) is 4.59. The highest BCUT2D eigenvalue weighted by atomic mass is 35.5. The van der Waals surface area contributed by atoms with Crippen molar-refractivity contribution in [1.82, 2.24) is 0 Å². The first-order valence-electron chi connectivity index (χ1n) is 5.73. The SMILES string of the molecule is N#CC(O)C(O)c1cccc(-c2ccc(Cl)cc2)c1. The van der Waals surface area contributed by atoms with Crippen molar-refractivity contribution in [3.05, 3.63) is 59.1 Å². The molecule has 0 saturated carbocycles. The normalized spacial score (nSPS) is 13.6. The fourth-order valence-corrected chi connectivity index (χ4v) is 1.92. The van der Waals surface area contributed by atoms with Gasteiger partial charge in [-0.05, 0) is 34.9 Å². The van der Waals surface area contributed by atoms with Crippen molar-refractivity contribution >= 4 is 11.6 Å². The molecule has 3 nitrogen and oxygen atoms in total. The molecule has 0 aliphatic carbocycles. The monoisotopic (exact) mass is 273 g/mol. The highest BCUT2D eigenvalue weighted by molar-refractivity contribution is 6.30. The van der Waals surface area contributed by atoms with Gasteiger partial charge in [0.05, 0.1) is 6.07 Å². The van der Waals surface area contributed by atoms with Gasteiger partial charge in [-0.2, -0.15) is 5.26 Å². The van der Waals surface area contributed by atoms with Gasteiger partial charge in [0.2, 0.25) is 0 Å². The van der Waals surface area contributed by atoms with Gasteiger partial charge in [-0.3, -0.25) is 0 Å². The lowest BCUT2D eigenvalue weighted by molar-refractivity contribution is 0.0528. The zero-order valence-electron chi connectivity index (χ0n) is 9.99. The van der Waals surface area contributed by atoms with Crippen LogP contribution in [-0.4, -0.2) is 16.3 Å². The van der Waals surface area contributed by atoms with E-state index in [4.69, 9.17) is 16.9 Å². The fraction of sp³-hybridized carbons (Fsp3) is 0.133. The van der Waals surface area contributed by atoms with Crippen LogP contribution in [0.25, 0.3) is 11.1 Å². The molecule has 0 bridgehead atoms. The molecule has 0 spiro atoms. The van der Waals surface area contributed by atoms with Crippen LogP contribution in [0, 0.1) is 11.3 Å². The highest BCUT2D eigenvalue weighted by Gasteiger charge is 2.17. The summed E-state index contributed by atoms with van der Waals surface area (Å²) in [6.45, 7) is 0. The standard InChI is InChI=1S/C15H12ClNO2/c16-13-6-4-10(5-7-13)11-2-1-3-12(8-11)15(19)14(18)9-17/h1-8,14-15,18-19H. The lowest BCUT2D eigenvalue weighted by Crippen LogP contribution is -2.15. The molecular weight excluding hydrogens is 262 g/mol. The second-order valence-electron chi connectivity index (χ2n) is 4.15. The average molecular weight is 274 g/mol. The minimum absolute atomic E-state index is 0.501. The number of rotatable bonds is 3. The molecular formula is C15H12ClNO2. The van der Waals surface area contributed by atoms with E-state index in [0.29, 0.717) is 10.6 Å². The molecule has 0 fully saturated rings. The van der Waals surface area contributed by atoms with Crippen LogP contribution < -0.4 is 0 Å². The molecule has 2 N–H and O–H groups in total. The molecule has 0 aliphatic rings. The maximum absolute atomic E-state index is 9.81. The molecule has 2 atom stereocenters. The molecule has 0 amide bonds. The third kappa shape index (κ3) is 3.12. The molecule has 96 valence electrons. The van der Waals surface area contributed by atoms with Gasteiger partial charge in [-0.15, -0.1) is 0 Å². The Morgan fingerprint density at radius 1 is 1.00 bits per heavy atom. The van der Waals surface area contributed by atoms with Crippen LogP contribution in [0.2, 0.25) is 5.02 Å². The first-order valence-corrected chi connectivity index (χ1v) is 6.11. The van der Waals surface area contributed by atoms with Gasteiger partial charge in [0.1, 0.15) is 6.10 Å². The Bertz CT molecular complexity index is 604. The summed E-state index contributed by atoms with van der Waals surface area (Å²) >= 11 is 5.83. The Kier molecular flexibility index (Phi) is 4.18. The van der Waals surface area contributed by atoms with Crippen LogP contribution >= 0.6 is 11.6 Å². The van der Waals surface area contributed by atoms with E-state index in [9.17, 15) is 10.2 Å². The number of hydrogen-bond donors (Lipinski definition) is 2.